The Morgan fingerprint density at radius 2 is 2.04 bits per heavy atom. The van der Waals surface area contributed by atoms with Gasteiger partial charge in [-0.15, -0.1) is 0 Å². The summed E-state index contributed by atoms with van der Waals surface area (Å²) >= 11 is 6.23. The number of rotatable bonds is 3. The van der Waals surface area contributed by atoms with Crippen LogP contribution in [0.25, 0.3) is 0 Å². The van der Waals surface area contributed by atoms with Gasteiger partial charge in [-0.05, 0) is 24.1 Å². The van der Waals surface area contributed by atoms with E-state index in [-0.39, 0.29) is 24.5 Å². The maximum Gasteiger partial charge on any atom is 0.232 e. The Balaban J connectivity index is 1.49. The molecule has 1 aromatic carbocycles. The van der Waals surface area contributed by atoms with E-state index in [0.717, 1.165) is 17.7 Å². The van der Waals surface area contributed by atoms with E-state index >= 15 is 0 Å². The maximum absolute atomic E-state index is 12.8. The van der Waals surface area contributed by atoms with Crippen molar-refractivity contribution in [3.8, 4) is 0 Å². The number of hydrogen-bond donors (Lipinski definition) is 0. The number of amides is 1. The normalized spacial score (nSPS) is 20.0. The van der Waals surface area contributed by atoms with E-state index in [0.29, 0.717) is 49.4 Å². The average Bonchev–Trinajstić information content (AvgIpc) is 3.07. The highest BCUT2D eigenvalue weighted by atomic mass is 35.5. The number of carbonyl (C=O) groups excluding carboxylic acids is 2. The van der Waals surface area contributed by atoms with Crippen molar-refractivity contribution in [2.24, 2.45) is 4.99 Å². The number of ether oxygens (including phenoxy) is 1. The van der Waals surface area contributed by atoms with E-state index in [1.807, 2.05) is 23.1 Å². The molecular weight excluding hydrogens is 354 g/mol. The number of allylic oxidation sites excluding steroid dienone is 1. The highest BCUT2D eigenvalue weighted by Gasteiger charge is 2.28. The summed E-state index contributed by atoms with van der Waals surface area (Å²) in [6, 6.07) is 5.62. The molecule has 3 heterocycles. The van der Waals surface area contributed by atoms with Crippen LogP contribution < -0.4 is 4.90 Å². The van der Waals surface area contributed by atoms with Crippen LogP contribution in [0.15, 0.2) is 35.1 Å². The molecule has 0 bridgehead atoms. The van der Waals surface area contributed by atoms with Crippen molar-refractivity contribution in [1.29, 1.82) is 0 Å². The van der Waals surface area contributed by atoms with Gasteiger partial charge in [-0.1, -0.05) is 17.7 Å². The van der Waals surface area contributed by atoms with E-state index in [1.54, 1.807) is 11.0 Å². The summed E-state index contributed by atoms with van der Waals surface area (Å²) in [6.45, 7) is 3.29. The molecule has 3 aliphatic rings. The molecule has 136 valence electrons. The highest BCUT2D eigenvalue weighted by Crippen LogP contribution is 2.33. The minimum atomic E-state index is -0.0409. The topological polar surface area (TPSA) is 62.2 Å². The van der Waals surface area contributed by atoms with Crippen molar-refractivity contribution >= 4 is 34.7 Å². The fourth-order valence-electron chi connectivity index (χ4n) is 3.61. The first-order chi connectivity index (χ1) is 12.6. The Morgan fingerprint density at radius 1 is 1.23 bits per heavy atom. The fourth-order valence-corrected chi connectivity index (χ4v) is 3.87. The summed E-state index contributed by atoms with van der Waals surface area (Å²) in [5, 5.41) is 0.695. The Hall–Kier alpha value is -2.18. The van der Waals surface area contributed by atoms with Gasteiger partial charge in [0.15, 0.2) is 5.78 Å². The van der Waals surface area contributed by atoms with Crippen LogP contribution in [-0.4, -0.2) is 55.2 Å². The van der Waals surface area contributed by atoms with E-state index in [9.17, 15) is 9.59 Å². The SMILES string of the molecule is O=C1C=C(N2CCOCC2)N=C(CC(=O)N2CCc3c(Cl)cccc32)C1. The van der Waals surface area contributed by atoms with Crippen LogP contribution in [0.2, 0.25) is 5.02 Å². The molecule has 4 rings (SSSR count). The first kappa shape index (κ1) is 17.2. The summed E-state index contributed by atoms with van der Waals surface area (Å²) in [5.41, 5.74) is 2.51. The van der Waals surface area contributed by atoms with E-state index in [4.69, 9.17) is 16.3 Å². The molecule has 26 heavy (non-hydrogen) atoms. The number of morpholine rings is 1. The van der Waals surface area contributed by atoms with Gasteiger partial charge >= 0.3 is 0 Å². The number of benzene rings is 1. The molecule has 1 amide bonds. The Morgan fingerprint density at radius 3 is 2.85 bits per heavy atom. The van der Waals surface area contributed by atoms with E-state index in [1.165, 1.54) is 0 Å². The summed E-state index contributed by atoms with van der Waals surface area (Å²) in [5.74, 6) is 0.604. The summed E-state index contributed by atoms with van der Waals surface area (Å²) in [6.07, 6.45) is 2.69. The van der Waals surface area contributed by atoms with Crippen molar-refractivity contribution < 1.29 is 14.3 Å². The lowest BCUT2D eigenvalue weighted by molar-refractivity contribution is -0.117. The summed E-state index contributed by atoms with van der Waals surface area (Å²) in [7, 11) is 0. The van der Waals surface area contributed by atoms with Gasteiger partial charge in [0.25, 0.3) is 0 Å². The van der Waals surface area contributed by atoms with Crippen molar-refractivity contribution in [3.05, 3.63) is 40.7 Å². The van der Waals surface area contributed by atoms with Gasteiger partial charge < -0.3 is 14.5 Å². The molecule has 1 fully saturated rings. The average molecular weight is 374 g/mol. The van der Waals surface area contributed by atoms with Crippen molar-refractivity contribution in [2.45, 2.75) is 19.3 Å². The monoisotopic (exact) mass is 373 g/mol. The fraction of sp³-hybridized carbons (Fsp3) is 0.421. The molecule has 0 N–H and O–H groups in total. The third-order valence-electron chi connectivity index (χ3n) is 4.90. The second-order valence-corrected chi connectivity index (χ2v) is 7.04. The molecule has 7 heteroatoms. The molecule has 0 atom stereocenters. The number of fused-ring (bicyclic) bond motifs is 1. The Kier molecular flexibility index (Phi) is 4.78. The smallest absolute Gasteiger partial charge is 0.232 e. The lowest BCUT2D eigenvalue weighted by Gasteiger charge is -2.30. The van der Waals surface area contributed by atoms with E-state index < -0.39 is 0 Å². The molecule has 0 saturated carbocycles. The molecule has 0 radical (unpaired) electrons. The van der Waals surface area contributed by atoms with Crippen LogP contribution in [0.5, 0.6) is 0 Å². The van der Waals surface area contributed by atoms with Crippen LogP contribution in [-0.2, 0) is 20.7 Å². The number of hydrogen-bond acceptors (Lipinski definition) is 5. The van der Waals surface area contributed by atoms with Crippen LogP contribution >= 0.6 is 11.6 Å². The van der Waals surface area contributed by atoms with Crippen molar-refractivity contribution in [2.75, 3.05) is 37.7 Å². The third-order valence-corrected chi connectivity index (χ3v) is 5.26. The molecule has 0 unspecified atom stereocenters. The van der Waals surface area contributed by atoms with E-state index in [2.05, 4.69) is 4.99 Å². The van der Waals surface area contributed by atoms with Gasteiger partial charge in [0.2, 0.25) is 5.91 Å². The molecule has 1 saturated heterocycles. The predicted octanol–water partition coefficient (Wildman–Crippen LogP) is 2.21. The number of anilines is 1. The van der Waals surface area contributed by atoms with Gasteiger partial charge in [-0.2, -0.15) is 0 Å². The Bertz CT molecular complexity index is 812. The van der Waals surface area contributed by atoms with Gasteiger partial charge in [0.05, 0.1) is 19.6 Å². The number of carbonyl (C=O) groups is 2. The standard InChI is InChI=1S/C19H20ClN3O3/c20-16-2-1-3-17-15(16)4-5-23(17)19(25)11-13-10-14(24)12-18(21-13)22-6-8-26-9-7-22/h1-3,12H,4-11H2. The third kappa shape index (κ3) is 3.39. The first-order valence-electron chi connectivity index (χ1n) is 8.83. The van der Waals surface area contributed by atoms with Gasteiger partial charge in [0, 0.05) is 48.6 Å². The van der Waals surface area contributed by atoms with Crippen LogP contribution in [0.3, 0.4) is 0 Å². The molecule has 0 aliphatic carbocycles. The zero-order valence-corrected chi connectivity index (χ0v) is 15.2. The lowest BCUT2D eigenvalue weighted by Crippen LogP contribution is -2.37. The number of halogens is 1. The van der Waals surface area contributed by atoms with Crippen LogP contribution in [0, 0.1) is 0 Å². The molecule has 1 aromatic rings. The van der Waals surface area contributed by atoms with Gasteiger partial charge in [0.1, 0.15) is 5.82 Å². The quantitative estimate of drug-likeness (QED) is 0.815. The molecule has 0 aromatic heterocycles. The van der Waals surface area contributed by atoms with Crippen LogP contribution in [0.1, 0.15) is 18.4 Å². The van der Waals surface area contributed by atoms with Gasteiger partial charge in [-0.3, -0.25) is 9.59 Å². The molecule has 6 nitrogen and oxygen atoms in total. The lowest BCUT2D eigenvalue weighted by atomic mass is 10.1. The largest absolute Gasteiger partial charge is 0.378 e. The second-order valence-electron chi connectivity index (χ2n) is 6.63. The highest BCUT2D eigenvalue weighted by molar-refractivity contribution is 6.32. The number of aliphatic imine (C=N–C) groups is 1. The second kappa shape index (κ2) is 7.21. The van der Waals surface area contributed by atoms with Crippen molar-refractivity contribution in [1.82, 2.24) is 4.90 Å². The summed E-state index contributed by atoms with van der Waals surface area (Å²) < 4.78 is 5.35. The zero-order valence-electron chi connectivity index (χ0n) is 14.4. The first-order valence-corrected chi connectivity index (χ1v) is 9.21. The minimum absolute atomic E-state index is 0.00541. The minimum Gasteiger partial charge on any atom is -0.378 e. The molecule has 0 spiro atoms. The maximum atomic E-state index is 12.8. The number of ketones is 1. The Labute approximate surface area is 157 Å². The van der Waals surface area contributed by atoms with Crippen molar-refractivity contribution in [3.63, 3.8) is 0 Å². The predicted molar refractivity (Wildman–Crippen MR) is 99.7 cm³/mol. The van der Waals surface area contributed by atoms with Gasteiger partial charge in [-0.25, -0.2) is 4.99 Å². The zero-order chi connectivity index (χ0) is 18.1. The van der Waals surface area contributed by atoms with Crippen LogP contribution in [0.4, 0.5) is 5.69 Å². The molecule has 3 aliphatic heterocycles. The summed E-state index contributed by atoms with van der Waals surface area (Å²) in [4.78, 5) is 33.3. The number of nitrogens with zero attached hydrogens (tertiary/aromatic N) is 3. The molecular formula is C19H20ClN3O3.